The largest absolute Gasteiger partial charge is 0.494 e. The molecule has 7 nitrogen and oxygen atoms in total. The second-order valence-electron chi connectivity index (χ2n) is 8.39. The SMILES string of the molecule is CCOc1ccc([C@H]2Nn3c(nnc3-c3ccccc3)S[C@H]2C(=O)Nc2cccc(C)c2C)cc1. The van der Waals surface area contributed by atoms with E-state index in [-0.39, 0.29) is 11.9 Å². The number of nitrogens with one attached hydrogen (secondary N) is 2. The van der Waals surface area contributed by atoms with E-state index < -0.39 is 5.25 Å². The summed E-state index contributed by atoms with van der Waals surface area (Å²) in [5, 5.41) is 12.1. The highest BCUT2D eigenvalue weighted by molar-refractivity contribution is 8.00. The average Bonchev–Trinajstić information content (AvgIpc) is 3.30. The molecule has 0 saturated carbocycles. The van der Waals surface area contributed by atoms with E-state index in [2.05, 4.69) is 20.9 Å². The van der Waals surface area contributed by atoms with Gasteiger partial charge >= 0.3 is 0 Å². The quantitative estimate of drug-likeness (QED) is 0.383. The molecule has 4 aromatic rings. The van der Waals surface area contributed by atoms with E-state index in [9.17, 15) is 4.79 Å². The number of aryl methyl sites for hydroxylation is 1. The zero-order valence-corrected chi connectivity index (χ0v) is 20.7. The summed E-state index contributed by atoms with van der Waals surface area (Å²) < 4.78 is 7.49. The van der Waals surface area contributed by atoms with Crippen molar-refractivity contribution in [1.29, 1.82) is 0 Å². The third-order valence-electron chi connectivity index (χ3n) is 6.14. The fourth-order valence-electron chi connectivity index (χ4n) is 4.11. The van der Waals surface area contributed by atoms with Crippen LogP contribution in [0, 0.1) is 13.8 Å². The van der Waals surface area contributed by atoms with E-state index >= 15 is 0 Å². The first-order valence-corrected chi connectivity index (χ1v) is 12.5. The van der Waals surface area contributed by atoms with Crippen molar-refractivity contribution in [3.05, 3.63) is 89.5 Å². The number of carbonyl (C=O) groups is 1. The molecule has 8 heteroatoms. The second-order valence-corrected chi connectivity index (χ2v) is 9.50. The standard InChI is InChI=1S/C27H27N5O2S/c1-4-34-21-15-13-19(14-16-21)23-24(26(33)28-22-12-8-9-17(2)18(22)3)35-27-30-29-25(32(27)31-23)20-10-6-5-7-11-20/h5-16,23-24,31H,4H2,1-3H3,(H,28,33)/t23-,24-/m1/s1. The maximum Gasteiger partial charge on any atom is 0.240 e. The van der Waals surface area contributed by atoms with E-state index in [1.807, 2.05) is 98.2 Å². The molecule has 1 aromatic heterocycles. The fraction of sp³-hybridized carbons (Fsp3) is 0.222. The minimum atomic E-state index is -0.465. The molecule has 1 aliphatic rings. The first kappa shape index (κ1) is 23.0. The van der Waals surface area contributed by atoms with Crippen molar-refractivity contribution < 1.29 is 9.53 Å². The molecule has 0 unspecified atom stereocenters. The number of fused-ring (bicyclic) bond motifs is 1. The third-order valence-corrected chi connectivity index (χ3v) is 7.36. The number of thioether (sulfide) groups is 1. The summed E-state index contributed by atoms with van der Waals surface area (Å²) in [7, 11) is 0. The second kappa shape index (κ2) is 9.84. The van der Waals surface area contributed by atoms with Crippen molar-refractivity contribution in [3.63, 3.8) is 0 Å². The van der Waals surface area contributed by atoms with Crippen LogP contribution in [0.4, 0.5) is 5.69 Å². The number of aromatic nitrogens is 3. The number of hydrogen-bond acceptors (Lipinski definition) is 6. The number of ether oxygens (including phenoxy) is 1. The zero-order valence-electron chi connectivity index (χ0n) is 19.9. The summed E-state index contributed by atoms with van der Waals surface area (Å²) in [5.41, 5.74) is 8.45. The maximum atomic E-state index is 13.6. The Kier molecular flexibility index (Phi) is 6.46. The van der Waals surface area contributed by atoms with Crippen LogP contribution in [-0.2, 0) is 4.79 Å². The van der Waals surface area contributed by atoms with E-state index in [4.69, 9.17) is 4.74 Å². The fourth-order valence-corrected chi connectivity index (χ4v) is 5.19. The molecule has 1 amide bonds. The Morgan fingerprint density at radius 1 is 1.03 bits per heavy atom. The van der Waals surface area contributed by atoms with Crippen LogP contribution in [0.15, 0.2) is 78.0 Å². The minimum Gasteiger partial charge on any atom is -0.494 e. The first-order chi connectivity index (χ1) is 17.0. The summed E-state index contributed by atoms with van der Waals surface area (Å²) in [5.74, 6) is 1.41. The van der Waals surface area contributed by atoms with Crippen molar-refractivity contribution >= 4 is 23.4 Å². The maximum absolute atomic E-state index is 13.6. The summed E-state index contributed by atoms with van der Waals surface area (Å²) in [6.07, 6.45) is 0. The van der Waals surface area contributed by atoms with E-state index in [1.165, 1.54) is 11.8 Å². The van der Waals surface area contributed by atoms with Gasteiger partial charge in [-0.15, -0.1) is 10.2 Å². The van der Waals surface area contributed by atoms with Crippen LogP contribution in [0.25, 0.3) is 11.4 Å². The molecule has 0 aliphatic carbocycles. The zero-order chi connectivity index (χ0) is 24.4. The van der Waals surface area contributed by atoms with Crippen molar-refractivity contribution in [2.24, 2.45) is 0 Å². The molecule has 178 valence electrons. The summed E-state index contributed by atoms with van der Waals surface area (Å²) in [6.45, 7) is 6.62. The summed E-state index contributed by atoms with van der Waals surface area (Å²) in [6, 6.07) is 23.4. The number of anilines is 1. The normalized spacial score (nSPS) is 16.8. The Labute approximate surface area is 208 Å². The lowest BCUT2D eigenvalue weighted by atomic mass is 10.0. The van der Waals surface area contributed by atoms with E-state index in [1.54, 1.807) is 0 Å². The van der Waals surface area contributed by atoms with Gasteiger partial charge in [0.1, 0.15) is 11.0 Å². The predicted octanol–water partition coefficient (Wildman–Crippen LogP) is 5.36. The Bertz CT molecular complexity index is 1340. The molecule has 2 N–H and O–H groups in total. The van der Waals surface area contributed by atoms with Crippen molar-refractivity contribution in [3.8, 4) is 17.1 Å². The van der Waals surface area contributed by atoms with Crippen molar-refractivity contribution in [2.45, 2.75) is 37.2 Å². The molecule has 35 heavy (non-hydrogen) atoms. The molecular weight excluding hydrogens is 458 g/mol. The Hall–Kier alpha value is -3.78. The lowest BCUT2D eigenvalue weighted by Gasteiger charge is -2.33. The number of nitrogens with zero attached hydrogens (tertiary/aromatic N) is 3. The van der Waals surface area contributed by atoms with Crippen LogP contribution in [0.3, 0.4) is 0 Å². The topological polar surface area (TPSA) is 81.1 Å². The molecule has 0 spiro atoms. The van der Waals surface area contributed by atoms with Crippen molar-refractivity contribution in [2.75, 3.05) is 17.3 Å². The van der Waals surface area contributed by atoms with Crippen LogP contribution >= 0.6 is 11.8 Å². The number of carbonyl (C=O) groups excluding carboxylic acids is 1. The van der Waals surface area contributed by atoms with Gasteiger partial charge in [0.25, 0.3) is 0 Å². The molecule has 0 saturated heterocycles. The Morgan fingerprint density at radius 2 is 1.80 bits per heavy atom. The minimum absolute atomic E-state index is 0.0920. The van der Waals surface area contributed by atoms with Gasteiger partial charge in [0.2, 0.25) is 11.1 Å². The van der Waals surface area contributed by atoms with Gasteiger partial charge in [0.15, 0.2) is 5.82 Å². The molecule has 5 rings (SSSR count). The van der Waals surface area contributed by atoms with Crippen LogP contribution in [0.2, 0.25) is 0 Å². The number of amides is 1. The highest BCUT2D eigenvalue weighted by Gasteiger charge is 2.38. The molecule has 0 fully saturated rings. The van der Waals surface area contributed by atoms with E-state index in [0.29, 0.717) is 17.6 Å². The molecule has 3 aromatic carbocycles. The molecule has 2 atom stereocenters. The average molecular weight is 486 g/mol. The smallest absolute Gasteiger partial charge is 0.240 e. The van der Waals surface area contributed by atoms with Gasteiger partial charge < -0.3 is 15.5 Å². The summed E-state index contributed by atoms with van der Waals surface area (Å²) in [4.78, 5) is 13.6. The predicted molar refractivity (Wildman–Crippen MR) is 139 cm³/mol. The van der Waals surface area contributed by atoms with Gasteiger partial charge in [-0.1, -0.05) is 66.4 Å². The number of hydrogen-bond donors (Lipinski definition) is 2. The van der Waals surface area contributed by atoms with Crippen molar-refractivity contribution in [1.82, 2.24) is 14.9 Å². The Balaban J connectivity index is 1.51. The van der Waals surface area contributed by atoms with Crippen LogP contribution < -0.4 is 15.5 Å². The Morgan fingerprint density at radius 3 is 2.54 bits per heavy atom. The lowest BCUT2D eigenvalue weighted by Crippen LogP contribution is -2.41. The molecule has 1 aliphatic heterocycles. The highest BCUT2D eigenvalue weighted by Crippen LogP contribution is 2.39. The number of benzene rings is 3. The van der Waals surface area contributed by atoms with Crippen LogP contribution in [0.1, 0.15) is 29.7 Å². The van der Waals surface area contributed by atoms with Gasteiger partial charge in [0.05, 0.1) is 12.6 Å². The molecule has 0 radical (unpaired) electrons. The number of rotatable bonds is 6. The molecular formula is C27H27N5O2S. The van der Waals surface area contributed by atoms with Gasteiger partial charge in [-0.25, -0.2) is 4.68 Å². The van der Waals surface area contributed by atoms with Crippen LogP contribution in [-0.4, -0.2) is 32.6 Å². The lowest BCUT2D eigenvalue weighted by molar-refractivity contribution is -0.116. The summed E-state index contributed by atoms with van der Waals surface area (Å²) >= 11 is 1.41. The highest BCUT2D eigenvalue weighted by atomic mass is 32.2. The monoisotopic (exact) mass is 485 g/mol. The first-order valence-electron chi connectivity index (χ1n) is 11.6. The van der Waals surface area contributed by atoms with Gasteiger partial charge in [-0.2, -0.15) is 0 Å². The third kappa shape index (κ3) is 4.61. The van der Waals surface area contributed by atoms with Gasteiger partial charge in [0, 0.05) is 11.3 Å². The van der Waals surface area contributed by atoms with Crippen LogP contribution in [0.5, 0.6) is 5.75 Å². The molecule has 2 heterocycles. The van der Waals surface area contributed by atoms with E-state index in [0.717, 1.165) is 33.7 Å². The van der Waals surface area contributed by atoms with Gasteiger partial charge in [-0.05, 0) is 55.7 Å². The molecule has 0 bridgehead atoms. The van der Waals surface area contributed by atoms with Gasteiger partial charge in [-0.3, -0.25) is 4.79 Å².